The first kappa shape index (κ1) is 6.99. The molecule has 1 saturated carbocycles. The number of aliphatic hydroxyl groups excluding tert-OH is 3. The summed E-state index contributed by atoms with van der Waals surface area (Å²) in [6.07, 6.45) is 0.308. The predicted molar refractivity (Wildman–Crippen MR) is 31.6 cm³/mol. The van der Waals surface area contributed by atoms with E-state index in [1.165, 1.54) is 0 Å². The second-order valence-electron chi connectivity index (χ2n) is 2.41. The Labute approximate surface area is 53.9 Å². The largest absolute Gasteiger partial charge is 0.393 e. The molecular weight excluding hydrogens is 120 g/mol. The third-order valence-corrected chi connectivity index (χ3v) is 1.58. The van der Waals surface area contributed by atoms with E-state index in [1.807, 2.05) is 0 Å². The summed E-state index contributed by atoms with van der Waals surface area (Å²) in [6, 6.07) is 0. The highest BCUT2D eigenvalue weighted by molar-refractivity contribution is 4.89. The van der Waals surface area contributed by atoms with Crippen molar-refractivity contribution in [2.24, 2.45) is 0 Å². The fourth-order valence-electron chi connectivity index (χ4n) is 0.954. The van der Waals surface area contributed by atoms with E-state index in [9.17, 15) is 0 Å². The van der Waals surface area contributed by atoms with Crippen LogP contribution < -0.4 is 0 Å². The van der Waals surface area contributed by atoms with Crippen molar-refractivity contribution in [2.75, 3.05) is 0 Å². The Kier molecular flexibility index (Phi) is 2.05. The van der Waals surface area contributed by atoms with Crippen molar-refractivity contribution in [2.45, 2.75) is 31.2 Å². The first-order chi connectivity index (χ1) is 4.20. The van der Waals surface area contributed by atoms with Crippen molar-refractivity contribution < 1.29 is 15.3 Å². The van der Waals surface area contributed by atoms with E-state index >= 15 is 0 Å². The van der Waals surface area contributed by atoms with Crippen molar-refractivity contribution >= 4 is 0 Å². The topological polar surface area (TPSA) is 60.7 Å². The van der Waals surface area contributed by atoms with Crippen LogP contribution in [0.25, 0.3) is 0 Å². The van der Waals surface area contributed by atoms with Crippen LogP contribution in [0.1, 0.15) is 12.8 Å². The molecule has 3 nitrogen and oxygen atoms in total. The molecule has 0 aliphatic heterocycles. The second-order valence-corrected chi connectivity index (χ2v) is 2.41. The van der Waals surface area contributed by atoms with Crippen LogP contribution in [-0.2, 0) is 0 Å². The molecule has 1 rings (SSSR count). The lowest BCUT2D eigenvalue weighted by molar-refractivity contribution is -0.0293. The third-order valence-electron chi connectivity index (χ3n) is 1.58. The molecule has 0 aromatic rings. The van der Waals surface area contributed by atoms with Crippen LogP contribution in [0.15, 0.2) is 0 Å². The van der Waals surface area contributed by atoms with E-state index in [0.717, 1.165) is 0 Å². The molecule has 0 bridgehead atoms. The molecule has 0 saturated heterocycles. The third kappa shape index (κ3) is 1.64. The van der Waals surface area contributed by atoms with Gasteiger partial charge in [0.05, 0.1) is 18.3 Å². The van der Waals surface area contributed by atoms with Gasteiger partial charge in [-0.15, -0.1) is 0 Å². The Hall–Kier alpha value is -0.120. The summed E-state index contributed by atoms with van der Waals surface area (Å²) in [4.78, 5) is 0. The maximum atomic E-state index is 8.92. The quantitative estimate of drug-likeness (QED) is 0.398. The van der Waals surface area contributed by atoms with E-state index in [4.69, 9.17) is 15.3 Å². The van der Waals surface area contributed by atoms with Gasteiger partial charge in [-0.1, -0.05) is 0 Å². The fourth-order valence-corrected chi connectivity index (χ4v) is 0.954. The zero-order valence-electron chi connectivity index (χ0n) is 5.07. The first-order valence-corrected chi connectivity index (χ1v) is 3.07. The van der Waals surface area contributed by atoms with Crippen LogP contribution in [0, 0.1) is 6.42 Å². The van der Waals surface area contributed by atoms with Crippen LogP contribution in [0.5, 0.6) is 0 Å². The van der Waals surface area contributed by atoms with Gasteiger partial charge in [0.1, 0.15) is 0 Å². The van der Waals surface area contributed by atoms with E-state index in [0.29, 0.717) is 6.42 Å². The Morgan fingerprint density at radius 3 is 2.22 bits per heavy atom. The summed E-state index contributed by atoms with van der Waals surface area (Å²) < 4.78 is 0. The minimum absolute atomic E-state index is 0.265. The predicted octanol–water partition coefficient (Wildman–Crippen LogP) is -0.933. The molecule has 0 amide bonds. The van der Waals surface area contributed by atoms with E-state index < -0.39 is 18.3 Å². The average Bonchev–Trinajstić information content (AvgIpc) is 1.80. The molecule has 3 N–H and O–H groups in total. The highest BCUT2D eigenvalue weighted by Gasteiger charge is 2.25. The van der Waals surface area contributed by atoms with Crippen molar-refractivity contribution in [3.8, 4) is 0 Å². The molecule has 0 aromatic carbocycles. The van der Waals surface area contributed by atoms with Crippen LogP contribution >= 0.6 is 0 Å². The summed E-state index contributed by atoms with van der Waals surface area (Å²) in [7, 11) is 0. The maximum Gasteiger partial charge on any atom is 0.0823 e. The molecule has 0 heterocycles. The van der Waals surface area contributed by atoms with E-state index in [-0.39, 0.29) is 6.42 Å². The molecule has 9 heavy (non-hydrogen) atoms. The smallest absolute Gasteiger partial charge is 0.0823 e. The highest BCUT2D eigenvalue weighted by atomic mass is 16.3. The summed E-state index contributed by atoms with van der Waals surface area (Å²) in [5.41, 5.74) is 0. The van der Waals surface area contributed by atoms with Gasteiger partial charge in [0, 0.05) is 6.42 Å². The molecule has 0 spiro atoms. The van der Waals surface area contributed by atoms with Gasteiger partial charge in [0.15, 0.2) is 0 Å². The second kappa shape index (κ2) is 2.64. The molecule has 3 unspecified atom stereocenters. The lowest BCUT2D eigenvalue weighted by Crippen LogP contribution is -2.36. The van der Waals surface area contributed by atoms with Gasteiger partial charge in [-0.05, 0) is 12.8 Å². The maximum absolute atomic E-state index is 8.92. The molecule has 1 radical (unpaired) electrons. The Morgan fingerprint density at radius 1 is 1.11 bits per heavy atom. The fraction of sp³-hybridized carbons (Fsp3) is 0.833. The molecule has 1 aliphatic rings. The Morgan fingerprint density at radius 2 is 1.78 bits per heavy atom. The summed E-state index contributed by atoms with van der Waals surface area (Å²) in [6.45, 7) is 0. The van der Waals surface area contributed by atoms with Crippen LogP contribution in [0.2, 0.25) is 0 Å². The standard InChI is InChI=1S/C6H11O3/c7-4-1-2-5(8)6(9)3-4/h1,4-9H,2-3H2. The minimum atomic E-state index is -0.745. The molecule has 1 aliphatic carbocycles. The van der Waals surface area contributed by atoms with Crippen LogP contribution in [0.4, 0.5) is 0 Å². The summed E-state index contributed by atoms with van der Waals surface area (Å²) in [5.74, 6) is 0. The molecule has 3 heteroatoms. The van der Waals surface area contributed by atoms with Crippen molar-refractivity contribution in [3.05, 3.63) is 6.42 Å². The SMILES string of the molecule is OC1[CH]CC(O)C(O)C1. The molecule has 3 atom stereocenters. The average molecular weight is 131 g/mol. The molecule has 53 valence electrons. The first-order valence-electron chi connectivity index (χ1n) is 3.07. The van der Waals surface area contributed by atoms with Gasteiger partial charge in [-0.25, -0.2) is 0 Å². The summed E-state index contributed by atoms with van der Waals surface area (Å²) in [5, 5.41) is 26.7. The molecule has 0 aromatic heterocycles. The van der Waals surface area contributed by atoms with E-state index in [2.05, 4.69) is 0 Å². The van der Waals surface area contributed by atoms with Crippen molar-refractivity contribution in [1.82, 2.24) is 0 Å². The monoisotopic (exact) mass is 131 g/mol. The van der Waals surface area contributed by atoms with Crippen molar-refractivity contribution in [1.29, 1.82) is 0 Å². The number of hydrogen-bond acceptors (Lipinski definition) is 3. The summed E-state index contributed by atoms with van der Waals surface area (Å²) >= 11 is 0. The minimum Gasteiger partial charge on any atom is -0.393 e. The normalized spacial score (nSPS) is 45.0. The van der Waals surface area contributed by atoms with Crippen molar-refractivity contribution in [3.63, 3.8) is 0 Å². The highest BCUT2D eigenvalue weighted by Crippen LogP contribution is 2.17. The number of aliphatic hydroxyl groups is 3. The zero-order chi connectivity index (χ0) is 6.85. The Bertz CT molecular complexity index is 94.3. The molecule has 1 fully saturated rings. The van der Waals surface area contributed by atoms with E-state index in [1.54, 1.807) is 6.42 Å². The van der Waals surface area contributed by atoms with Crippen LogP contribution in [-0.4, -0.2) is 33.6 Å². The van der Waals surface area contributed by atoms with Gasteiger partial charge in [0.2, 0.25) is 0 Å². The number of rotatable bonds is 0. The van der Waals surface area contributed by atoms with Gasteiger partial charge in [-0.2, -0.15) is 0 Å². The van der Waals surface area contributed by atoms with Gasteiger partial charge >= 0.3 is 0 Å². The molecular formula is C6H11O3. The lowest BCUT2D eigenvalue weighted by Gasteiger charge is -2.26. The lowest BCUT2D eigenvalue weighted by atomic mass is 9.93. The van der Waals surface area contributed by atoms with Crippen LogP contribution in [0.3, 0.4) is 0 Å². The number of hydrogen-bond donors (Lipinski definition) is 3. The Balaban J connectivity index is 2.35. The van der Waals surface area contributed by atoms with Gasteiger partial charge < -0.3 is 15.3 Å². The van der Waals surface area contributed by atoms with Gasteiger partial charge in [0.25, 0.3) is 0 Å². The zero-order valence-corrected chi connectivity index (χ0v) is 5.07. The van der Waals surface area contributed by atoms with Gasteiger partial charge in [-0.3, -0.25) is 0 Å².